The maximum atomic E-state index is 10.4. The van der Waals surface area contributed by atoms with E-state index < -0.39 is 5.60 Å². The van der Waals surface area contributed by atoms with Gasteiger partial charge in [0.15, 0.2) is 0 Å². The van der Waals surface area contributed by atoms with Crippen molar-refractivity contribution in [3.8, 4) is 0 Å². The molecule has 19 heavy (non-hydrogen) atoms. The monoisotopic (exact) mass is 279 g/mol. The Labute approximate surface area is 118 Å². The number of hydrogen-bond acceptors (Lipinski definition) is 4. The van der Waals surface area contributed by atoms with Crippen molar-refractivity contribution in [2.75, 3.05) is 26.3 Å². The topological polar surface area (TPSA) is 41.5 Å². The van der Waals surface area contributed by atoms with Crippen LogP contribution in [0.3, 0.4) is 0 Å². The van der Waals surface area contributed by atoms with E-state index in [-0.39, 0.29) is 0 Å². The molecule has 1 saturated heterocycles. The average molecular weight is 279 g/mol. The van der Waals surface area contributed by atoms with Gasteiger partial charge in [0.1, 0.15) is 0 Å². The Morgan fingerprint density at radius 3 is 2.89 bits per heavy atom. The van der Waals surface area contributed by atoms with Gasteiger partial charge in [-0.1, -0.05) is 18.2 Å². The van der Waals surface area contributed by atoms with Crippen LogP contribution in [0.2, 0.25) is 0 Å². The van der Waals surface area contributed by atoms with E-state index in [1.54, 1.807) is 0 Å². The van der Waals surface area contributed by atoms with Crippen molar-refractivity contribution in [3.63, 3.8) is 0 Å². The molecule has 2 aliphatic heterocycles. The number of aliphatic hydroxyl groups is 1. The molecule has 4 heteroatoms. The van der Waals surface area contributed by atoms with Gasteiger partial charge in [-0.3, -0.25) is 0 Å². The van der Waals surface area contributed by atoms with Gasteiger partial charge in [-0.25, -0.2) is 0 Å². The van der Waals surface area contributed by atoms with Gasteiger partial charge in [-0.15, -0.1) is 11.8 Å². The maximum Gasteiger partial charge on any atom is 0.0815 e. The molecular formula is C15H21NO2S. The van der Waals surface area contributed by atoms with E-state index in [0.717, 1.165) is 25.8 Å². The normalized spacial score (nSPS) is 25.2. The van der Waals surface area contributed by atoms with Crippen LogP contribution in [-0.4, -0.2) is 42.3 Å². The lowest BCUT2D eigenvalue weighted by Gasteiger charge is -2.32. The second kappa shape index (κ2) is 5.83. The Bertz CT molecular complexity index is 407. The minimum absolute atomic E-state index is 0.561. The standard InChI is InChI=1S/C15H21NO2S/c17-15(5-7-18-8-6-15)11-16-10-13-9-12-3-1-2-4-14(12)19-13/h1-4,13,16-17H,5-11H2. The lowest BCUT2D eigenvalue weighted by molar-refractivity contribution is -0.0614. The quantitative estimate of drug-likeness (QED) is 0.882. The van der Waals surface area contributed by atoms with Crippen molar-refractivity contribution < 1.29 is 9.84 Å². The van der Waals surface area contributed by atoms with E-state index in [1.807, 2.05) is 11.8 Å². The number of ether oxygens (including phenoxy) is 1. The number of rotatable bonds is 4. The highest BCUT2D eigenvalue weighted by Gasteiger charge is 2.30. The first-order chi connectivity index (χ1) is 9.25. The zero-order valence-electron chi connectivity index (χ0n) is 11.1. The predicted molar refractivity (Wildman–Crippen MR) is 77.7 cm³/mol. The van der Waals surface area contributed by atoms with Gasteiger partial charge in [-0.2, -0.15) is 0 Å². The first kappa shape index (κ1) is 13.4. The highest BCUT2D eigenvalue weighted by molar-refractivity contribution is 8.00. The molecule has 0 bridgehead atoms. The molecule has 2 N–H and O–H groups in total. The molecule has 104 valence electrons. The Kier molecular flexibility index (Phi) is 4.12. The minimum atomic E-state index is -0.561. The number of fused-ring (bicyclic) bond motifs is 1. The first-order valence-corrected chi connectivity index (χ1v) is 7.89. The first-order valence-electron chi connectivity index (χ1n) is 7.01. The second-order valence-electron chi connectivity index (χ2n) is 5.52. The van der Waals surface area contributed by atoms with Gasteiger partial charge in [0.05, 0.1) is 5.60 Å². The smallest absolute Gasteiger partial charge is 0.0815 e. The molecular weight excluding hydrogens is 258 g/mol. The van der Waals surface area contributed by atoms with E-state index in [9.17, 15) is 5.11 Å². The second-order valence-corrected chi connectivity index (χ2v) is 6.86. The van der Waals surface area contributed by atoms with E-state index >= 15 is 0 Å². The van der Waals surface area contributed by atoms with Crippen molar-refractivity contribution >= 4 is 11.8 Å². The highest BCUT2D eigenvalue weighted by atomic mass is 32.2. The van der Waals surface area contributed by atoms with Crippen LogP contribution in [0.5, 0.6) is 0 Å². The predicted octanol–water partition coefficient (Wildman–Crippen LogP) is 1.83. The maximum absolute atomic E-state index is 10.4. The van der Waals surface area contributed by atoms with Gasteiger partial charge in [0.25, 0.3) is 0 Å². The van der Waals surface area contributed by atoms with Crippen LogP contribution in [0.1, 0.15) is 18.4 Å². The largest absolute Gasteiger partial charge is 0.388 e. The molecule has 2 heterocycles. The van der Waals surface area contributed by atoms with Crippen molar-refractivity contribution in [2.45, 2.75) is 35.0 Å². The molecule has 1 atom stereocenters. The Morgan fingerprint density at radius 1 is 1.32 bits per heavy atom. The van der Waals surface area contributed by atoms with Gasteiger partial charge >= 0.3 is 0 Å². The fraction of sp³-hybridized carbons (Fsp3) is 0.600. The molecule has 1 unspecified atom stereocenters. The average Bonchev–Trinajstić information content (AvgIpc) is 2.82. The fourth-order valence-electron chi connectivity index (χ4n) is 2.76. The summed E-state index contributed by atoms with van der Waals surface area (Å²) in [7, 11) is 0. The third kappa shape index (κ3) is 3.31. The Morgan fingerprint density at radius 2 is 2.11 bits per heavy atom. The van der Waals surface area contributed by atoms with Gasteiger partial charge in [0.2, 0.25) is 0 Å². The Hall–Kier alpha value is -0.550. The van der Waals surface area contributed by atoms with E-state index in [0.29, 0.717) is 25.0 Å². The summed E-state index contributed by atoms with van der Waals surface area (Å²) in [6.45, 7) is 3.01. The summed E-state index contributed by atoms with van der Waals surface area (Å²) in [4.78, 5) is 1.42. The third-order valence-corrected chi connectivity index (χ3v) is 5.28. The fourth-order valence-corrected chi connectivity index (χ4v) is 4.04. The van der Waals surface area contributed by atoms with Gasteiger partial charge in [-0.05, 0) is 18.1 Å². The summed E-state index contributed by atoms with van der Waals surface area (Å²) < 4.78 is 5.30. The number of benzene rings is 1. The molecule has 1 aromatic rings. The molecule has 0 radical (unpaired) electrons. The van der Waals surface area contributed by atoms with E-state index in [1.165, 1.54) is 10.5 Å². The van der Waals surface area contributed by atoms with Crippen LogP contribution >= 0.6 is 11.8 Å². The molecule has 0 amide bonds. The minimum Gasteiger partial charge on any atom is -0.388 e. The van der Waals surface area contributed by atoms with E-state index in [4.69, 9.17) is 4.74 Å². The van der Waals surface area contributed by atoms with Crippen LogP contribution in [0.15, 0.2) is 29.2 Å². The SMILES string of the molecule is OC1(CNCC2Cc3ccccc3S2)CCOCC1. The summed E-state index contributed by atoms with van der Waals surface area (Å²) in [5, 5.41) is 14.4. The summed E-state index contributed by atoms with van der Waals surface area (Å²) in [5.41, 5.74) is 0.901. The van der Waals surface area contributed by atoms with Crippen LogP contribution in [0.4, 0.5) is 0 Å². The van der Waals surface area contributed by atoms with Gasteiger partial charge in [0, 0.05) is 49.3 Å². The zero-order chi connectivity index (χ0) is 13.1. The molecule has 3 nitrogen and oxygen atoms in total. The van der Waals surface area contributed by atoms with Crippen molar-refractivity contribution in [3.05, 3.63) is 29.8 Å². The molecule has 2 aliphatic rings. The van der Waals surface area contributed by atoms with Crippen LogP contribution in [0.25, 0.3) is 0 Å². The van der Waals surface area contributed by atoms with Gasteiger partial charge < -0.3 is 15.2 Å². The summed E-state index contributed by atoms with van der Waals surface area (Å²) >= 11 is 1.95. The molecule has 0 saturated carbocycles. The number of nitrogens with one attached hydrogen (secondary N) is 1. The van der Waals surface area contributed by atoms with Crippen LogP contribution in [0, 0.1) is 0 Å². The zero-order valence-corrected chi connectivity index (χ0v) is 11.9. The highest BCUT2D eigenvalue weighted by Crippen LogP contribution is 2.36. The van der Waals surface area contributed by atoms with Crippen LogP contribution < -0.4 is 5.32 Å². The van der Waals surface area contributed by atoms with Crippen molar-refractivity contribution in [1.82, 2.24) is 5.32 Å². The molecule has 1 aromatic carbocycles. The molecule has 3 rings (SSSR count). The summed E-state index contributed by atoms with van der Waals surface area (Å²) in [5.74, 6) is 0. The summed E-state index contributed by atoms with van der Waals surface area (Å²) in [6.07, 6.45) is 2.63. The molecule has 0 spiro atoms. The lowest BCUT2D eigenvalue weighted by atomic mass is 9.94. The molecule has 0 aromatic heterocycles. The Balaban J connectivity index is 1.44. The number of hydrogen-bond donors (Lipinski definition) is 2. The molecule has 0 aliphatic carbocycles. The summed E-state index contributed by atoms with van der Waals surface area (Å²) in [6, 6.07) is 8.63. The lowest BCUT2D eigenvalue weighted by Crippen LogP contribution is -2.46. The molecule has 1 fully saturated rings. The van der Waals surface area contributed by atoms with Crippen molar-refractivity contribution in [1.29, 1.82) is 0 Å². The van der Waals surface area contributed by atoms with Crippen molar-refractivity contribution in [2.24, 2.45) is 0 Å². The third-order valence-electron chi connectivity index (χ3n) is 3.96. The van der Waals surface area contributed by atoms with E-state index in [2.05, 4.69) is 29.6 Å². The van der Waals surface area contributed by atoms with Crippen LogP contribution in [-0.2, 0) is 11.2 Å². The number of thioether (sulfide) groups is 1.